The van der Waals surface area contributed by atoms with E-state index >= 15 is 0 Å². The molecule has 18 heavy (non-hydrogen) atoms. The molecule has 1 aliphatic rings. The van der Waals surface area contributed by atoms with Crippen molar-refractivity contribution in [2.45, 2.75) is 31.1 Å². The number of hydrogen-bond donors (Lipinski definition) is 1. The minimum Gasteiger partial charge on any atom is -0.399 e. The van der Waals surface area contributed by atoms with E-state index in [0.717, 1.165) is 16.9 Å². The molecule has 3 rings (SSSR count). The Kier molecular flexibility index (Phi) is 2.33. The topological polar surface area (TPSA) is 43.8 Å². The molecule has 1 aromatic carbocycles. The van der Waals surface area contributed by atoms with Crippen molar-refractivity contribution < 1.29 is 8.78 Å². The van der Waals surface area contributed by atoms with Crippen LogP contribution in [0.5, 0.6) is 0 Å². The highest BCUT2D eigenvalue weighted by atomic mass is 19.3. The molecule has 0 aliphatic heterocycles. The summed E-state index contributed by atoms with van der Waals surface area (Å²) in [4.78, 5) is 4.47. The van der Waals surface area contributed by atoms with Gasteiger partial charge in [-0.1, -0.05) is 0 Å². The third-order valence-corrected chi connectivity index (χ3v) is 3.71. The van der Waals surface area contributed by atoms with Crippen LogP contribution in [0.25, 0.3) is 11.0 Å². The fourth-order valence-corrected chi connectivity index (χ4v) is 2.76. The van der Waals surface area contributed by atoms with Crippen molar-refractivity contribution in [1.29, 1.82) is 0 Å². The van der Waals surface area contributed by atoms with Gasteiger partial charge < -0.3 is 10.3 Å². The lowest BCUT2D eigenvalue weighted by molar-refractivity contribution is 0.00749. The van der Waals surface area contributed by atoms with Gasteiger partial charge in [-0.25, -0.2) is 13.8 Å². The van der Waals surface area contributed by atoms with E-state index in [1.165, 1.54) is 0 Å². The molecular formula is C13H15F2N3. The lowest BCUT2D eigenvalue weighted by atomic mass is 10.1. The second-order valence-electron chi connectivity index (χ2n) is 5.07. The molecule has 0 saturated heterocycles. The summed E-state index contributed by atoms with van der Waals surface area (Å²) in [5, 5.41) is 0. The summed E-state index contributed by atoms with van der Waals surface area (Å²) in [5.74, 6) is -1.95. The summed E-state index contributed by atoms with van der Waals surface area (Å²) in [7, 11) is 1.86. The van der Waals surface area contributed by atoms with E-state index in [4.69, 9.17) is 5.73 Å². The fraction of sp³-hybridized carbons (Fsp3) is 0.462. The van der Waals surface area contributed by atoms with Crippen molar-refractivity contribution >= 4 is 16.7 Å². The first kappa shape index (κ1) is 11.4. The molecule has 1 aromatic heterocycles. The van der Waals surface area contributed by atoms with Gasteiger partial charge in [-0.2, -0.15) is 0 Å². The number of aromatic nitrogens is 2. The van der Waals surface area contributed by atoms with Crippen molar-refractivity contribution in [3.63, 3.8) is 0 Å². The molecule has 0 amide bonds. The number of aryl methyl sites for hydroxylation is 1. The Morgan fingerprint density at radius 2 is 2.22 bits per heavy atom. The number of nitrogens with two attached hydrogens (primary N) is 1. The van der Waals surface area contributed by atoms with Crippen molar-refractivity contribution in [3.05, 3.63) is 24.0 Å². The Hall–Kier alpha value is -1.65. The predicted octanol–water partition coefficient (Wildman–Crippen LogP) is 3.06. The second-order valence-corrected chi connectivity index (χ2v) is 5.07. The first-order valence-electron chi connectivity index (χ1n) is 6.06. The van der Waals surface area contributed by atoms with Crippen LogP contribution < -0.4 is 5.73 Å². The minimum atomic E-state index is -2.54. The number of alkyl halides is 2. The van der Waals surface area contributed by atoms with Crippen molar-refractivity contribution in [2.75, 3.05) is 5.73 Å². The second kappa shape index (κ2) is 3.67. The number of imidazole rings is 1. The van der Waals surface area contributed by atoms with Crippen LogP contribution in [0, 0.1) is 0 Å². The highest BCUT2D eigenvalue weighted by Gasteiger charge is 2.41. The molecule has 2 aromatic rings. The molecule has 1 saturated carbocycles. The Morgan fingerprint density at radius 1 is 1.44 bits per heavy atom. The number of nitrogens with zero attached hydrogens (tertiary/aromatic N) is 2. The molecule has 2 N–H and O–H groups in total. The molecule has 1 aliphatic carbocycles. The molecule has 0 radical (unpaired) electrons. The highest BCUT2D eigenvalue weighted by Crippen LogP contribution is 2.44. The van der Waals surface area contributed by atoms with E-state index in [0.29, 0.717) is 12.1 Å². The van der Waals surface area contributed by atoms with Gasteiger partial charge in [-0.05, 0) is 24.6 Å². The summed E-state index contributed by atoms with van der Waals surface area (Å²) in [6.45, 7) is 0. The molecule has 1 fully saturated rings. The van der Waals surface area contributed by atoms with Gasteiger partial charge in [-0.15, -0.1) is 0 Å². The number of fused-ring (bicyclic) bond motifs is 1. The molecule has 5 heteroatoms. The number of benzene rings is 1. The van der Waals surface area contributed by atoms with Crippen LogP contribution in [0.3, 0.4) is 0 Å². The fourth-order valence-electron chi connectivity index (χ4n) is 2.76. The maximum atomic E-state index is 13.3. The molecule has 1 atom stereocenters. The monoisotopic (exact) mass is 251 g/mol. The van der Waals surface area contributed by atoms with Gasteiger partial charge in [0.05, 0.1) is 11.0 Å². The minimum absolute atomic E-state index is 0.0387. The van der Waals surface area contributed by atoms with Gasteiger partial charge in [0.2, 0.25) is 5.92 Å². The zero-order chi connectivity index (χ0) is 12.9. The van der Waals surface area contributed by atoms with Crippen LogP contribution in [0.4, 0.5) is 14.5 Å². The van der Waals surface area contributed by atoms with Gasteiger partial charge in [-0.3, -0.25) is 0 Å². The van der Waals surface area contributed by atoms with Gasteiger partial charge in [0, 0.05) is 31.5 Å². The highest BCUT2D eigenvalue weighted by molar-refractivity contribution is 5.79. The van der Waals surface area contributed by atoms with Gasteiger partial charge in [0.15, 0.2) is 0 Å². The van der Waals surface area contributed by atoms with E-state index in [1.807, 2.05) is 23.7 Å². The summed E-state index contributed by atoms with van der Waals surface area (Å²) in [5.41, 5.74) is 8.12. The predicted molar refractivity (Wildman–Crippen MR) is 66.7 cm³/mol. The molecule has 0 bridgehead atoms. The van der Waals surface area contributed by atoms with Crippen LogP contribution in [0.1, 0.15) is 31.0 Å². The summed E-state index contributed by atoms with van der Waals surface area (Å²) >= 11 is 0. The van der Waals surface area contributed by atoms with Crippen LogP contribution in [-0.4, -0.2) is 15.5 Å². The summed E-state index contributed by atoms with van der Waals surface area (Å²) in [6, 6.07) is 5.45. The van der Waals surface area contributed by atoms with Crippen LogP contribution in [-0.2, 0) is 7.05 Å². The van der Waals surface area contributed by atoms with Gasteiger partial charge in [0.1, 0.15) is 5.82 Å². The molecule has 1 unspecified atom stereocenters. The van der Waals surface area contributed by atoms with Crippen LogP contribution in [0.15, 0.2) is 18.2 Å². The van der Waals surface area contributed by atoms with Crippen molar-refractivity contribution in [2.24, 2.45) is 7.05 Å². The molecule has 0 spiro atoms. The Labute approximate surface area is 104 Å². The first-order chi connectivity index (χ1) is 8.46. The lowest BCUT2D eigenvalue weighted by Gasteiger charge is -2.10. The Bertz CT molecular complexity index is 604. The zero-order valence-corrected chi connectivity index (χ0v) is 10.2. The number of halogens is 2. The van der Waals surface area contributed by atoms with E-state index in [9.17, 15) is 8.78 Å². The number of anilines is 1. The summed E-state index contributed by atoms with van der Waals surface area (Å²) < 4.78 is 28.4. The summed E-state index contributed by atoms with van der Waals surface area (Å²) in [6.07, 6.45) is 0.363. The van der Waals surface area contributed by atoms with E-state index < -0.39 is 5.92 Å². The normalized spacial score (nSPS) is 22.7. The standard InChI is InChI=1S/C13H15F2N3/c1-18-11-6-9(16)2-3-10(11)17-12(18)8-4-5-13(14,15)7-8/h2-3,6,8H,4-5,7,16H2,1H3. The SMILES string of the molecule is Cn1c(C2CCC(F)(F)C2)nc2ccc(N)cc21. The maximum absolute atomic E-state index is 13.3. The largest absolute Gasteiger partial charge is 0.399 e. The van der Waals surface area contributed by atoms with Crippen molar-refractivity contribution in [1.82, 2.24) is 9.55 Å². The van der Waals surface area contributed by atoms with E-state index in [1.54, 1.807) is 6.07 Å². The smallest absolute Gasteiger partial charge is 0.248 e. The molecular weight excluding hydrogens is 236 g/mol. The quantitative estimate of drug-likeness (QED) is 0.791. The maximum Gasteiger partial charge on any atom is 0.248 e. The zero-order valence-electron chi connectivity index (χ0n) is 10.2. The third-order valence-electron chi connectivity index (χ3n) is 3.71. The Morgan fingerprint density at radius 3 is 2.89 bits per heavy atom. The van der Waals surface area contributed by atoms with E-state index in [-0.39, 0.29) is 18.8 Å². The van der Waals surface area contributed by atoms with Crippen molar-refractivity contribution in [3.8, 4) is 0 Å². The number of nitrogen functional groups attached to an aromatic ring is 1. The Balaban J connectivity index is 2.05. The van der Waals surface area contributed by atoms with Gasteiger partial charge >= 0.3 is 0 Å². The molecule has 3 nitrogen and oxygen atoms in total. The van der Waals surface area contributed by atoms with Crippen LogP contribution >= 0.6 is 0 Å². The van der Waals surface area contributed by atoms with Gasteiger partial charge in [0.25, 0.3) is 0 Å². The van der Waals surface area contributed by atoms with Crippen LogP contribution in [0.2, 0.25) is 0 Å². The molecule has 1 heterocycles. The average Bonchev–Trinajstić information content (AvgIpc) is 2.81. The third kappa shape index (κ3) is 1.74. The van der Waals surface area contributed by atoms with E-state index in [2.05, 4.69) is 4.98 Å². The lowest BCUT2D eigenvalue weighted by Crippen LogP contribution is -2.10. The number of hydrogen-bond acceptors (Lipinski definition) is 2. The first-order valence-corrected chi connectivity index (χ1v) is 6.06. The number of rotatable bonds is 1. The molecule has 96 valence electrons. The average molecular weight is 251 g/mol.